The Morgan fingerprint density at radius 3 is 2.58 bits per heavy atom. The van der Waals surface area contributed by atoms with Gasteiger partial charge in [-0.3, -0.25) is 14.5 Å². The zero-order valence-electron chi connectivity index (χ0n) is 22.1. The van der Waals surface area contributed by atoms with Crippen LogP contribution in [0.1, 0.15) is 12.0 Å². The van der Waals surface area contributed by atoms with Crippen molar-refractivity contribution in [3.05, 3.63) is 90.6 Å². The summed E-state index contributed by atoms with van der Waals surface area (Å²) < 4.78 is 26.5. The van der Waals surface area contributed by atoms with Gasteiger partial charge in [0.15, 0.2) is 5.17 Å². The molecule has 2 N–H and O–H groups in total. The highest BCUT2D eigenvalue weighted by Gasteiger charge is 2.39. The van der Waals surface area contributed by atoms with Crippen LogP contribution in [-0.4, -0.2) is 65.5 Å². The average Bonchev–Trinajstić information content (AvgIpc) is 3.48. The maximum Gasteiger partial charge on any atom is 0.242 e. The van der Waals surface area contributed by atoms with Gasteiger partial charge in [-0.05, 0) is 48.4 Å². The SMILES string of the molecule is CN(C)S(=O)(=O)c1cccc(N=C2S[C@@H](CC(=O)Nc3ccccc3)C(=O)N2CCc2c[nH]c3ccccc23)c1. The number of hydrogen-bond donors (Lipinski definition) is 2. The van der Waals surface area contributed by atoms with Gasteiger partial charge in [0.2, 0.25) is 21.8 Å². The van der Waals surface area contributed by atoms with Crippen molar-refractivity contribution in [3.63, 3.8) is 0 Å². The maximum absolute atomic E-state index is 13.6. The number of para-hydroxylation sites is 2. The molecular weight excluding hydrogens is 546 g/mol. The first kappa shape index (κ1) is 27.6. The number of thioether (sulfide) groups is 1. The van der Waals surface area contributed by atoms with E-state index in [4.69, 9.17) is 0 Å². The van der Waals surface area contributed by atoms with Crippen molar-refractivity contribution in [1.29, 1.82) is 0 Å². The standard InChI is InChI=1S/C29H29N5O4S2/c1-33(2)40(37,38)23-12-8-11-22(17-23)32-29-34(16-15-20-19-30-25-14-7-6-13-24(20)25)28(36)26(39-29)18-27(35)31-21-9-4-3-5-10-21/h3-14,17,19,26,30H,15-16,18H2,1-2H3,(H,31,35)/t26-/m0/s1. The van der Waals surface area contributed by atoms with Crippen molar-refractivity contribution < 1.29 is 18.0 Å². The van der Waals surface area contributed by atoms with Gasteiger partial charge in [-0.1, -0.05) is 54.2 Å². The summed E-state index contributed by atoms with van der Waals surface area (Å²) in [6, 6.07) is 23.4. The highest BCUT2D eigenvalue weighted by molar-refractivity contribution is 8.15. The molecule has 206 valence electrons. The molecule has 1 atom stereocenters. The third-order valence-corrected chi connectivity index (χ3v) is 9.54. The second kappa shape index (κ2) is 11.7. The first-order valence-corrected chi connectivity index (χ1v) is 15.0. The summed E-state index contributed by atoms with van der Waals surface area (Å²) in [6.45, 7) is 0.360. The fourth-order valence-corrected chi connectivity index (χ4v) is 6.56. The van der Waals surface area contributed by atoms with Crippen LogP contribution in [-0.2, 0) is 26.0 Å². The Balaban J connectivity index is 1.41. The van der Waals surface area contributed by atoms with Gasteiger partial charge in [0.05, 0.1) is 10.6 Å². The minimum atomic E-state index is -3.65. The Bertz CT molecular complexity index is 1680. The quantitative estimate of drug-likeness (QED) is 0.302. The molecule has 5 rings (SSSR count). The molecule has 1 aromatic heterocycles. The van der Waals surface area contributed by atoms with Gasteiger partial charge >= 0.3 is 0 Å². The maximum atomic E-state index is 13.6. The first-order chi connectivity index (χ1) is 19.2. The molecule has 0 aliphatic carbocycles. The summed E-state index contributed by atoms with van der Waals surface area (Å²) in [4.78, 5) is 36.0. The van der Waals surface area contributed by atoms with E-state index in [0.717, 1.165) is 20.8 Å². The molecule has 1 fully saturated rings. The summed E-state index contributed by atoms with van der Waals surface area (Å²) in [6.07, 6.45) is 2.50. The number of anilines is 1. The highest BCUT2D eigenvalue weighted by Crippen LogP contribution is 2.33. The number of aromatic amines is 1. The second-order valence-corrected chi connectivity index (χ2v) is 12.8. The van der Waals surface area contributed by atoms with Gasteiger partial charge in [0.25, 0.3) is 0 Å². The van der Waals surface area contributed by atoms with Crippen LogP contribution in [0.4, 0.5) is 11.4 Å². The van der Waals surface area contributed by atoms with Crippen LogP contribution >= 0.6 is 11.8 Å². The molecule has 1 aliphatic rings. The molecule has 40 heavy (non-hydrogen) atoms. The molecule has 0 saturated carbocycles. The molecule has 0 spiro atoms. The van der Waals surface area contributed by atoms with E-state index in [-0.39, 0.29) is 23.1 Å². The number of rotatable bonds is 9. The van der Waals surface area contributed by atoms with Gasteiger partial charge in [-0.15, -0.1) is 0 Å². The number of carbonyl (C=O) groups excluding carboxylic acids is 2. The third kappa shape index (κ3) is 5.96. The fourth-order valence-electron chi connectivity index (χ4n) is 4.44. The lowest BCUT2D eigenvalue weighted by Crippen LogP contribution is -2.35. The molecule has 9 nitrogen and oxygen atoms in total. The fraction of sp³-hybridized carbons (Fsp3) is 0.207. The summed E-state index contributed by atoms with van der Waals surface area (Å²) in [7, 11) is -0.716. The largest absolute Gasteiger partial charge is 0.361 e. The number of amides is 2. The van der Waals surface area contributed by atoms with Crippen LogP contribution in [0.3, 0.4) is 0 Å². The van der Waals surface area contributed by atoms with Crippen molar-refractivity contribution in [2.75, 3.05) is 26.0 Å². The number of sulfonamides is 1. The molecule has 0 unspecified atom stereocenters. The number of H-pyrrole nitrogens is 1. The lowest BCUT2D eigenvalue weighted by Gasteiger charge is -2.16. The minimum absolute atomic E-state index is 0.0178. The number of benzene rings is 3. The van der Waals surface area contributed by atoms with Crippen molar-refractivity contribution in [2.24, 2.45) is 4.99 Å². The smallest absolute Gasteiger partial charge is 0.242 e. The highest BCUT2D eigenvalue weighted by atomic mass is 32.2. The molecule has 2 heterocycles. The first-order valence-electron chi connectivity index (χ1n) is 12.7. The Morgan fingerprint density at radius 2 is 1.80 bits per heavy atom. The Morgan fingerprint density at radius 1 is 1.05 bits per heavy atom. The molecule has 0 bridgehead atoms. The number of nitrogens with one attached hydrogen (secondary N) is 2. The number of carbonyl (C=O) groups is 2. The molecule has 2 amide bonds. The Labute approximate surface area is 237 Å². The molecule has 3 aromatic carbocycles. The van der Waals surface area contributed by atoms with E-state index in [0.29, 0.717) is 29.5 Å². The molecule has 0 radical (unpaired) electrons. The van der Waals surface area contributed by atoms with Crippen LogP contribution in [0.25, 0.3) is 10.9 Å². The number of fused-ring (bicyclic) bond motifs is 1. The molecule has 11 heteroatoms. The van der Waals surface area contributed by atoms with Crippen LogP contribution in [0.2, 0.25) is 0 Å². The predicted molar refractivity (Wildman–Crippen MR) is 159 cm³/mol. The number of aromatic nitrogens is 1. The van der Waals surface area contributed by atoms with E-state index in [1.807, 2.05) is 48.7 Å². The Hall–Kier alpha value is -3.93. The van der Waals surface area contributed by atoms with E-state index < -0.39 is 15.3 Å². The van der Waals surface area contributed by atoms with Crippen LogP contribution in [0.15, 0.2) is 94.9 Å². The number of aliphatic imine (C=N–C) groups is 1. The van der Waals surface area contributed by atoms with Crippen LogP contribution < -0.4 is 5.32 Å². The normalized spacial score (nSPS) is 16.8. The van der Waals surface area contributed by atoms with Crippen molar-refractivity contribution in [1.82, 2.24) is 14.2 Å². The van der Waals surface area contributed by atoms with Gasteiger partial charge in [-0.25, -0.2) is 17.7 Å². The van der Waals surface area contributed by atoms with E-state index >= 15 is 0 Å². The molecular formula is C29H29N5O4S2. The number of nitrogens with zero attached hydrogens (tertiary/aromatic N) is 3. The van der Waals surface area contributed by atoms with E-state index in [1.165, 1.54) is 38.0 Å². The van der Waals surface area contributed by atoms with Crippen LogP contribution in [0.5, 0.6) is 0 Å². The van der Waals surface area contributed by atoms with E-state index in [2.05, 4.69) is 15.3 Å². The summed E-state index contributed by atoms with van der Waals surface area (Å²) >= 11 is 1.22. The average molecular weight is 576 g/mol. The summed E-state index contributed by atoms with van der Waals surface area (Å²) in [5, 5.41) is 3.70. The van der Waals surface area contributed by atoms with E-state index in [1.54, 1.807) is 29.2 Å². The summed E-state index contributed by atoms with van der Waals surface area (Å²) in [5.41, 5.74) is 3.15. The van der Waals surface area contributed by atoms with Gasteiger partial charge in [0, 0.05) is 49.8 Å². The zero-order chi connectivity index (χ0) is 28.3. The lowest BCUT2D eigenvalue weighted by atomic mass is 10.1. The topological polar surface area (TPSA) is 115 Å². The van der Waals surface area contributed by atoms with Gasteiger partial charge in [-0.2, -0.15) is 0 Å². The number of hydrogen-bond acceptors (Lipinski definition) is 6. The summed E-state index contributed by atoms with van der Waals surface area (Å²) in [5.74, 6) is -0.474. The Kier molecular flexibility index (Phi) is 8.06. The van der Waals surface area contributed by atoms with Crippen LogP contribution in [0, 0.1) is 0 Å². The third-order valence-electron chi connectivity index (χ3n) is 6.55. The van der Waals surface area contributed by atoms with Gasteiger partial charge in [0.1, 0.15) is 5.25 Å². The molecule has 4 aromatic rings. The minimum Gasteiger partial charge on any atom is -0.361 e. The molecule has 1 aliphatic heterocycles. The predicted octanol–water partition coefficient (Wildman–Crippen LogP) is 4.62. The number of amidine groups is 1. The lowest BCUT2D eigenvalue weighted by molar-refractivity contribution is -0.128. The van der Waals surface area contributed by atoms with Crippen molar-refractivity contribution in [3.8, 4) is 0 Å². The molecule has 1 saturated heterocycles. The van der Waals surface area contributed by atoms with Gasteiger partial charge < -0.3 is 10.3 Å². The zero-order valence-corrected chi connectivity index (χ0v) is 23.7. The van der Waals surface area contributed by atoms with Crippen molar-refractivity contribution in [2.45, 2.75) is 23.0 Å². The van der Waals surface area contributed by atoms with Crippen molar-refractivity contribution >= 4 is 61.0 Å². The van der Waals surface area contributed by atoms with E-state index in [9.17, 15) is 18.0 Å². The second-order valence-electron chi connectivity index (χ2n) is 9.50. The monoisotopic (exact) mass is 575 g/mol.